The molecule has 0 saturated heterocycles. The lowest BCUT2D eigenvalue weighted by Crippen LogP contribution is -2.09. The van der Waals surface area contributed by atoms with Gasteiger partial charge in [0.05, 0.1) is 16.1 Å². The Bertz CT molecular complexity index is 1010. The summed E-state index contributed by atoms with van der Waals surface area (Å²) in [6.07, 6.45) is 0.945. The maximum atomic E-state index is 6.20. The van der Waals surface area contributed by atoms with Crippen molar-refractivity contribution in [3.05, 3.63) is 95.3 Å². The molecule has 0 spiro atoms. The van der Waals surface area contributed by atoms with Crippen molar-refractivity contribution in [3.8, 4) is 5.75 Å². The van der Waals surface area contributed by atoms with Gasteiger partial charge in [-0.25, -0.2) is 4.98 Å². The van der Waals surface area contributed by atoms with Crippen molar-refractivity contribution >= 4 is 22.6 Å². The van der Waals surface area contributed by atoms with E-state index < -0.39 is 0 Å². The van der Waals surface area contributed by atoms with Crippen LogP contribution in [-0.4, -0.2) is 9.55 Å². The molecule has 0 atom stereocenters. The topological polar surface area (TPSA) is 27.1 Å². The second-order valence-corrected chi connectivity index (χ2v) is 6.53. The third-order valence-corrected chi connectivity index (χ3v) is 4.71. The SMILES string of the molecule is Clc1ccccc1OCc1nc2ccccc2n1CCc1ccccc1. The Balaban J connectivity index is 1.60. The van der Waals surface area contributed by atoms with Crippen LogP contribution in [0.2, 0.25) is 5.02 Å². The van der Waals surface area contributed by atoms with Crippen molar-refractivity contribution in [2.24, 2.45) is 0 Å². The molecule has 3 aromatic carbocycles. The Kier molecular flexibility index (Phi) is 4.89. The molecule has 0 N–H and O–H groups in total. The number of fused-ring (bicyclic) bond motifs is 1. The Hall–Kier alpha value is -2.78. The van der Waals surface area contributed by atoms with Gasteiger partial charge < -0.3 is 9.30 Å². The number of para-hydroxylation sites is 3. The maximum Gasteiger partial charge on any atom is 0.148 e. The van der Waals surface area contributed by atoms with Gasteiger partial charge in [0.2, 0.25) is 0 Å². The van der Waals surface area contributed by atoms with Crippen LogP contribution in [0.1, 0.15) is 11.4 Å². The summed E-state index contributed by atoms with van der Waals surface area (Å²) in [6.45, 7) is 1.24. The predicted molar refractivity (Wildman–Crippen MR) is 106 cm³/mol. The molecule has 0 aliphatic heterocycles. The molecule has 0 aliphatic rings. The number of nitrogens with zero attached hydrogens (tertiary/aromatic N) is 2. The van der Waals surface area contributed by atoms with E-state index in [0.29, 0.717) is 17.4 Å². The first-order chi connectivity index (χ1) is 12.8. The minimum Gasteiger partial charge on any atom is -0.484 e. The molecular weight excluding hydrogens is 344 g/mol. The van der Waals surface area contributed by atoms with Crippen LogP contribution >= 0.6 is 11.6 Å². The first kappa shape index (κ1) is 16.7. The van der Waals surface area contributed by atoms with Crippen LogP contribution in [0.4, 0.5) is 0 Å². The van der Waals surface area contributed by atoms with Crippen LogP contribution in [0.15, 0.2) is 78.9 Å². The van der Waals surface area contributed by atoms with E-state index >= 15 is 0 Å². The van der Waals surface area contributed by atoms with E-state index in [4.69, 9.17) is 21.3 Å². The monoisotopic (exact) mass is 362 g/mol. The zero-order chi connectivity index (χ0) is 17.8. The number of halogens is 1. The molecule has 0 unspecified atom stereocenters. The zero-order valence-corrected chi connectivity index (χ0v) is 15.1. The van der Waals surface area contributed by atoms with Crippen molar-refractivity contribution < 1.29 is 4.74 Å². The summed E-state index contributed by atoms with van der Waals surface area (Å²) in [5.41, 5.74) is 3.42. The molecule has 1 heterocycles. The lowest BCUT2D eigenvalue weighted by Gasteiger charge is -2.11. The first-order valence-electron chi connectivity index (χ1n) is 8.66. The highest BCUT2D eigenvalue weighted by Crippen LogP contribution is 2.25. The average Bonchev–Trinajstić information content (AvgIpc) is 3.04. The molecule has 26 heavy (non-hydrogen) atoms. The van der Waals surface area contributed by atoms with Crippen LogP contribution in [0.5, 0.6) is 5.75 Å². The quantitative estimate of drug-likeness (QED) is 0.452. The van der Waals surface area contributed by atoms with Crippen LogP contribution in [-0.2, 0) is 19.6 Å². The number of hydrogen-bond donors (Lipinski definition) is 0. The molecule has 4 aromatic rings. The lowest BCUT2D eigenvalue weighted by molar-refractivity contribution is 0.290. The molecule has 3 nitrogen and oxygen atoms in total. The number of aromatic nitrogens is 2. The van der Waals surface area contributed by atoms with Crippen LogP contribution in [0, 0.1) is 0 Å². The second kappa shape index (κ2) is 7.63. The van der Waals surface area contributed by atoms with Gasteiger partial charge >= 0.3 is 0 Å². The summed E-state index contributed by atoms with van der Waals surface area (Å²) < 4.78 is 8.17. The molecule has 4 heteroatoms. The van der Waals surface area contributed by atoms with Crippen LogP contribution in [0.25, 0.3) is 11.0 Å². The highest BCUT2D eigenvalue weighted by atomic mass is 35.5. The van der Waals surface area contributed by atoms with E-state index in [1.807, 2.05) is 48.5 Å². The minimum atomic E-state index is 0.382. The van der Waals surface area contributed by atoms with E-state index in [2.05, 4.69) is 34.9 Å². The van der Waals surface area contributed by atoms with Gasteiger partial charge in [-0.05, 0) is 36.2 Å². The third-order valence-electron chi connectivity index (χ3n) is 4.39. The average molecular weight is 363 g/mol. The van der Waals surface area contributed by atoms with E-state index in [1.54, 1.807) is 0 Å². The summed E-state index contributed by atoms with van der Waals surface area (Å²) in [6, 6.07) is 26.2. The summed E-state index contributed by atoms with van der Waals surface area (Å²) in [7, 11) is 0. The summed E-state index contributed by atoms with van der Waals surface area (Å²) in [5.74, 6) is 1.58. The lowest BCUT2D eigenvalue weighted by atomic mass is 10.1. The number of benzene rings is 3. The maximum absolute atomic E-state index is 6.20. The van der Waals surface area contributed by atoms with Crippen molar-refractivity contribution in [2.75, 3.05) is 0 Å². The van der Waals surface area contributed by atoms with E-state index in [0.717, 1.165) is 29.8 Å². The normalized spacial score (nSPS) is 11.0. The Morgan fingerprint density at radius 3 is 2.42 bits per heavy atom. The van der Waals surface area contributed by atoms with Crippen molar-refractivity contribution in [1.82, 2.24) is 9.55 Å². The van der Waals surface area contributed by atoms with Gasteiger partial charge in [0.25, 0.3) is 0 Å². The van der Waals surface area contributed by atoms with Crippen LogP contribution < -0.4 is 4.74 Å². The van der Waals surface area contributed by atoms with Gasteiger partial charge in [-0.1, -0.05) is 66.2 Å². The zero-order valence-electron chi connectivity index (χ0n) is 14.3. The van der Waals surface area contributed by atoms with Gasteiger partial charge in [0.1, 0.15) is 18.2 Å². The van der Waals surface area contributed by atoms with Gasteiger partial charge in [-0.15, -0.1) is 0 Å². The molecule has 0 bridgehead atoms. The standard InChI is InChI=1S/C22H19ClN2O/c23-18-10-4-7-13-21(18)26-16-22-24-19-11-5-6-12-20(19)25(22)15-14-17-8-2-1-3-9-17/h1-13H,14-16H2. The smallest absolute Gasteiger partial charge is 0.148 e. The number of hydrogen-bond acceptors (Lipinski definition) is 2. The Labute approximate surface area is 157 Å². The molecule has 0 aliphatic carbocycles. The summed E-state index contributed by atoms with van der Waals surface area (Å²) in [4.78, 5) is 4.76. The molecule has 130 valence electrons. The third kappa shape index (κ3) is 3.58. The molecule has 1 aromatic heterocycles. The summed E-state index contributed by atoms with van der Waals surface area (Å²) >= 11 is 6.20. The first-order valence-corrected chi connectivity index (χ1v) is 9.04. The largest absolute Gasteiger partial charge is 0.484 e. The van der Waals surface area contributed by atoms with Crippen molar-refractivity contribution in [2.45, 2.75) is 19.6 Å². The van der Waals surface area contributed by atoms with Gasteiger partial charge in [0.15, 0.2) is 0 Å². The van der Waals surface area contributed by atoms with Crippen molar-refractivity contribution in [3.63, 3.8) is 0 Å². The predicted octanol–water partition coefficient (Wildman–Crippen LogP) is 5.51. The highest BCUT2D eigenvalue weighted by molar-refractivity contribution is 6.32. The van der Waals surface area contributed by atoms with E-state index in [-0.39, 0.29) is 0 Å². The number of imidazole rings is 1. The van der Waals surface area contributed by atoms with Crippen molar-refractivity contribution in [1.29, 1.82) is 0 Å². The van der Waals surface area contributed by atoms with Gasteiger partial charge in [0, 0.05) is 6.54 Å². The fourth-order valence-electron chi connectivity index (χ4n) is 3.07. The number of ether oxygens (including phenoxy) is 1. The van der Waals surface area contributed by atoms with E-state index in [1.165, 1.54) is 5.56 Å². The Morgan fingerprint density at radius 2 is 1.58 bits per heavy atom. The molecule has 0 fully saturated rings. The van der Waals surface area contributed by atoms with Gasteiger partial charge in [-0.3, -0.25) is 0 Å². The molecule has 0 radical (unpaired) electrons. The second-order valence-electron chi connectivity index (χ2n) is 6.12. The fraction of sp³-hybridized carbons (Fsp3) is 0.136. The van der Waals surface area contributed by atoms with E-state index in [9.17, 15) is 0 Å². The minimum absolute atomic E-state index is 0.382. The molecule has 0 amide bonds. The Morgan fingerprint density at radius 1 is 0.846 bits per heavy atom. The van der Waals surface area contributed by atoms with Crippen LogP contribution in [0.3, 0.4) is 0 Å². The molecule has 0 saturated carbocycles. The number of aryl methyl sites for hydroxylation is 2. The highest BCUT2D eigenvalue weighted by Gasteiger charge is 2.12. The number of rotatable bonds is 6. The van der Waals surface area contributed by atoms with Gasteiger partial charge in [-0.2, -0.15) is 0 Å². The fourth-order valence-corrected chi connectivity index (χ4v) is 3.27. The molecule has 4 rings (SSSR count). The molecular formula is C22H19ClN2O. The summed E-state index contributed by atoms with van der Waals surface area (Å²) in [5, 5.41) is 0.611.